The Morgan fingerprint density at radius 2 is 1.91 bits per heavy atom. The van der Waals surface area contributed by atoms with Gasteiger partial charge in [-0.15, -0.1) is 0 Å². The molecule has 1 nitrogen and oxygen atoms in total. The molecule has 1 unspecified atom stereocenters. The second-order valence-corrected chi connectivity index (χ2v) is 2.34. The average Bonchev–Trinajstić information content (AvgIpc) is 2.07. The quantitative estimate of drug-likeness (QED) is 0.626. The zero-order valence-electron chi connectivity index (χ0n) is 8.52. The van der Waals surface area contributed by atoms with Gasteiger partial charge in [0.2, 0.25) is 0 Å². The maximum absolute atomic E-state index is 9.25. The third-order valence-electron chi connectivity index (χ3n) is 1.54. The summed E-state index contributed by atoms with van der Waals surface area (Å²) in [5.74, 6) is 0. The molecule has 68 valence electrons. The van der Waals surface area contributed by atoms with Crippen molar-refractivity contribution in [2.45, 2.75) is 53.6 Å². The summed E-state index contributed by atoms with van der Waals surface area (Å²) in [5, 5.41) is 9.25. The molecule has 0 heterocycles. The van der Waals surface area contributed by atoms with Crippen molar-refractivity contribution in [2.75, 3.05) is 0 Å². The van der Waals surface area contributed by atoms with Crippen LogP contribution in [0.1, 0.15) is 47.5 Å². The zero-order valence-corrected chi connectivity index (χ0v) is 8.52. The Kier molecular flexibility index (Phi) is 11.7. The molecular weight excluding hydrogens is 136 g/mol. The summed E-state index contributed by atoms with van der Waals surface area (Å²) in [6.45, 7) is 9.99. The molecule has 1 N–H and O–H groups in total. The van der Waals surface area contributed by atoms with Crippen LogP contribution >= 0.6 is 0 Å². The van der Waals surface area contributed by atoms with Gasteiger partial charge in [0.1, 0.15) is 0 Å². The fraction of sp³-hybridized carbons (Fsp3) is 0.800. The van der Waals surface area contributed by atoms with Crippen LogP contribution in [0.25, 0.3) is 0 Å². The van der Waals surface area contributed by atoms with E-state index in [0.29, 0.717) is 0 Å². The van der Waals surface area contributed by atoms with Gasteiger partial charge in [0.15, 0.2) is 0 Å². The normalized spacial score (nSPS) is 13.5. The van der Waals surface area contributed by atoms with Crippen molar-refractivity contribution in [3.63, 3.8) is 0 Å². The SMILES string of the molecule is C/C=C(\C)C(O)CCC.CC. The van der Waals surface area contributed by atoms with Gasteiger partial charge in [0.25, 0.3) is 0 Å². The second kappa shape index (κ2) is 9.70. The summed E-state index contributed by atoms with van der Waals surface area (Å²) in [6, 6.07) is 0. The second-order valence-electron chi connectivity index (χ2n) is 2.34. The first-order chi connectivity index (χ1) is 5.22. The molecule has 0 rings (SSSR count). The number of hydrogen-bond donors (Lipinski definition) is 1. The van der Waals surface area contributed by atoms with E-state index in [0.717, 1.165) is 18.4 Å². The van der Waals surface area contributed by atoms with Crippen molar-refractivity contribution < 1.29 is 5.11 Å². The number of aliphatic hydroxyl groups is 1. The van der Waals surface area contributed by atoms with Crippen LogP contribution in [-0.4, -0.2) is 11.2 Å². The van der Waals surface area contributed by atoms with Gasteiger partial charge in [0, 0.05) is 0 Å². The molecule has 1 heteroatoms. The first kappa shape index (κ1) is 13.3. The van der Waals surface area contributed by atoms with Crippen molar-refractivity contribution >= 4 is 0 Å². The van der Waals surface area contributed by atoms with E-state index in [2.05, 4.69) is 6.92 Å². The minimum Gasteiger partial charge on any atom is -0.389 e. The van der Waals surface area contributed by atoms with Gasteiger partial charge in [-0.3, -0.25) is 0 Å². The lowest BCUT2D eigenvalue weighted by atomic mass is 10.1. The fourth-order valence-corrected chi connectivity index (χ4v) is 0.693. The van der Waals surface area contributed by atoms with Gasteiger partial charge in [0.05, 0.1) is 6.10 Å². The Morgan fingerprint density at radius 1 is 1.45 bits per heavy atom. The van der Waals surface area contributed by atoms with Crippen LogP contribution in [0.2, 0.25) is 0 Å². The van der Waals surface area contributed by atoms with Crippen LogP contribution in [0, 0.1) is 0 Å². The number of rotatable bonds is 3. The molecule has 0 amide bonds. The number of aliphatic hydroxyl groups excluding tert-OH is 1. The highest BCUT2D eigenvalue weighted by atomic mass is 16.3. The zero-order chi connectivity index (χ0) is 9.28. The Bertz CT molecular complexity index is 95.0. The molecule has 11 heavy (non-hydrogen) atoms. The molecule has 0 aromatic carbocycles. The third-order valence-corrected chi connectivity index (χ3v) is 1.54. The standard InChI is InChI=1S/C8H16O.C2H6/c1-4-6-8(9)7(3)5-2;1-2/h5,8-9H,4,6H2,1-3H3;1-2H3/b7-5+;. The molecule has 0 radical (unpaired) electrons. The molecule has 0 bridgehead atoms. The Labute approximate surface area is 71.1 Å². The van der Waals surface area contributed by atoms with Crippen molar-refractivity contribution in [1.29, 1.82) is 0 Å². The number of hydrogen-bond acceptors (Lipinski definition) is 1. The molecule has 0 aliphatic carbocycles. The van der Waals surface area contributed by atoms with Crippen LogP contribution < -0.4 is 0 Å². The van der Waals surface area contributed by atoms with Crippen LogP contribution in [0.4, 0.5) is 0 Å². The summed E-state index contributed by atoms with van der Waals surface area (Å²) in [4.78, 5) is 0. The molecule has 0 aromatic heterocycles. The van der Waals surface area contributed by atoms with Gasteiger partial charge in [-0.25, -0.2) is 0 Å². The smallest absolute Gasteiger partial charge is 0.0747 e. The van der Waals surface area contributed by atoms with Crippen LogP contribution in [0.5, 0.6) is 0 Å². The Morgan fingerprint density at radius 3 is 2.18 bits per heavy atom. The molecule has 1 atom stereocenters. The molecule has 0 fully saturated rings. The van der Waals surface area contributed by atoms with Crippen molar-refractivity contribution in [2.24, 2.45) is 0 Å². The van der Waals surface area contributed by atoms with Crippen molar-refractivity contribution in [3.8, 4) is 0 Å². The Hall–Kier alpha value is -0.300. The van der Waals surface area contributed by atoms with E-state index in [4.69, 9.17) is 0 Å². The minimum atomic E-state index is -0.208. The highest BCUT2D eigenvalue weighted by Gasteiger charge is 2.01. The summed E-state index contributed by atoms with van der Waals surface area (Å²) in [6.07, 6.45) is 3.68. The maximum atomic E-state index is 9.25. The van der Waals surface area contributed by atoms with E-state index >= 15 is 0 Å². The summed E-state index contributed by atoms with van der Waals surface area (Å²) >= 11 is 0. The summed E-state index contributed by atoms with van der Waals surface area (Å²) in [7, 11) is 0. The van der Waals surface area contributed by atoms with Gasteiger partial charge in [-0.05, 0) is 25.8 Å². The summed E-state index contributed by atoms with van der Waals surface area (Å²) < 4.78 is 0. The first-order valence-electron chi connectivity index (χ1n) is 4.53. The largest absolute Gasteiger partial charge is 0.389 e. The molecule has 0 saturated carbocycles. The van der Waals surface area contributed by atoms with E-state index in [1.165, 1.54) is 0 Å². The third kappa shape index (κ3) is 7.60. The van der Waals surface area contributed by atoms with Crippen LogP contribution in [0.15, 0.2) is 11.6 Å². The number of allylic oxidation sites excluding steroid dienone is 1. The van der Waals surface area contributed by atoms with E-state index in [-0.39, 0.29) is 6.10 Å². The van der Waals surface area contributed by atoms with Gasteiger partial charge in [-0.1, -0.05) is 33.3 Å². The average molecular weight is 158 g/mol. The highest BCUT2D eigenvalue weighted by Crippen LogP contribution is 2.06. The van der Waals surface area contributed by atoms with Crippen molar-refractivity contribution in [3.05, 3.63) is 11.6 Å². The van der Waals surface area contributed by atoms with Crippen molar-refractivity contribution in [1.82, 2.24) is 0 Å². The lowest BCUT2D eigenvalue weighted by Gasteiger charge is -2.07. The van der Waals surface area contributed by atoms with Crippen LogP contribution in [-0.2, 0) is 0 Å². The first-order valence-corrected chi connectivity index (χ1v) is 4.53. The lowest BCUT2D eigenvalue weighted by molar-refractivity contribution is 0.199. The Balaban J connectivity index is 0. The monoisotopic (exact) mass is 158 g/mol. The predicted molar refractivity (Wildman–Crippen MR) is 51.7 cm³/mol. The molecule has 0 saturated heterocycles. The molecule has 0 aromatic rings. The molecule has 0 aliphatic heterocycles. The van der Waals surface area contributed by atoms with E-state index in [1.807, 2.05) is 33.8 Å². The fourth-order valence-electron chi connectivity index (χ4n) is 0.693. The van der Waals surface area contributed by atoms with E-state index < -0.39 is 0 Å². The minimum absolute atomic E-state index is 0.208. The van der Waals surface area contributed by atoms with Gasteiger partial charge in [-0.2, -0.15) is 0 Å². The maximum Gasteiger partial charge on any atom is 0.0747 e. The molecular formula is C10H22O. The topological polar surface area (TPSA) is 20.2 Å². The van der Waals surface area contributed by atoms with E-state index in [9.17, 15) is 5.11 Å². The predicted octanol–water partition coefficient (Wildman–Crippen LogP) is 3.14. The summed E-state index contributed by atoms with van der Waals surface area (Å²) in [5.41, 5.74) is 1.08. The van der Waals surface area contributed by atoms with E-state index in [1.54, 1.807) is 0 Å². The molecule has 0 aliphatic rings. The van der Waals surface area contributed by atoms with Gasteiger partial charge >= 0.3 is 0 Å². The van der Waals surface area contributed by atoms with Crippen LogP contribution in [0.3, 0.4) is 0 Å². The molecule has 0 spiro atoms. The van der Waals surface area contributed by atoms with Gasteiger partial charge < -0.3 is 5.11 Å². The highest BCUT2D eigenvalue weighted by molar-refractivity contribution is 5.01. The lowest BCUT2D eigenvalue weighted by Crippen LogP contribution is -2.06.